The quantitative estimate of drug-likeness (QED) is 0.500. The smallest absolute Gasteiger partial charge is 0.0197 e. The van der Waals surface area contributed by atoms with E-state index in [-0.39, 0.29) is 12.4 Å². The Bertz CT molecular complexity index is 22.8. The summed E-state index contributed by atoms with van der Waals surface area (Å²) in [6.45, 7) is 0. The average Bonchev–Trinajstić information content (AvgIpc) is 1.37. The molecule has 5 heavy (non-hydrogen) atoms. The predicted molar refractivity (Wildman–Crippen MR) is 26.4 cm³/mol. The van der Waals surface area contributed by atoms with Gasteiger partial charge in [0.05, 0.1) is 0 Å². The minimum Gasteiger partial charge on any atom is -0.404 e. The minimum atomic E-state index is 0. The zero-order chi connectivity index (χ0) is 3.41. The Morgan fingerprint density at radius 3 is 1.80 bits per heavy atom. The Morgan fingerprint density at radius 1 is 1.60 bits per heavy atom. The van der Waals surface area contributed by atoms with E-state index in [9.17, 15) is 0 Å². The number of nitrogens with two attached hydrogens (primary N) is 1. The van der Waals surface area contributed by atoms with Crippen LogP contribution in [0, 0.1) is 0 Å². The molecule has 0 heterocycles. The molecule has 0 aromatic carbocycles. The molecule has 1 nitrogen and oxygen atoms in total. The second kappa shape index (κ2) is 8.92. The van der Waals surface area contributed by atoms with Gasteiger partial charge in [-0.05, 0) is 0 Å². The van der Waals surface area contributed by atoms with Crippen molar-refractivity contribution >= 4 is 24.0 Å². The van der Waals surface area contributed by atoms with Crippen LogP contribution < -0.4 is 5.73 Å². The van der Waals surface area contributed by atoms with Gasteiger partial charge in [0.1, 0.15) is 0 Å². The van der Waals surface area contributed by atoms with Crippen molar-refractivity contribution in [2.75, 3.05) is 0 Å². The number of hydrogen-bond donors (Lipinski definition) is 1. The summed E-state index contributed by atoms with van der Waals surface area (Å²) >= 11 is 4.88. The Labute approximate surface area is 42.2 Å². The van der Waals surface area contributed by atoms with Crippen LogP contribution in [0.2, 0.25) is 0 Å². The first-order valence-electron chi connectivity index (χ1n) is 0.885. The van der Waals surface area contributed by atoms with Crippen molar-refractivity contribution in [1.29, 1.82) is 0 Å². The standard InChI is InChI=1S/C2H4ClN.ClH/c3-1-2-4;/h1-2H,4H2;1H/b2-1+;. The maximum atomic E-state index is 4.88. The first-order chi connectivity index (χ1) is 1.91. The molecule has 0 aliphatic carbocycles. The number of halogens is 2. The lowest BCUT2D eigenvalue weighted by Gasteiger charge is -1.51. The van der Waals surface area contributed by atoms with E-state index in [0.29, 0.717) is 0 Å². The molecule has 32 valence electrons. The number of rotatable bonds is 0. The molecule has 3 heteroatoms. The van der Waals surface area contributed by atoms with Crippen LogP contribution in [0.3, 0.4) is 0 Å². The van der Waals surface area contributed by atoms with Crippen LogP contribution in [0.4, 0.5) is 0 Å². The van der Waals surface area contributed by atoms with Crippen molar-refractivity contribution in [3.8, 4) is 0 Å². The van der Waals surface area contributed by atoms with Crippen molar-refractivity contribution in [1.82, 2.24) is 0 Å². The molecule has 0 saturated carbocycles. The summed E-state index contributed by atoms with van der Waals surface area (Å²) in [5, 5.41) is 0. The SMILES string of the molecule is Cl.N/C=C/Cl. The largest absolute Gasteiger partial charge is 0.404 e. The van der Waals surface area contributed by atoms with Gasteiger partial charge in [-0.3, -0.25) is 0 Å². The second-order valence-electron chi connectivity index (χ2n) is 0.318. The molecule has 0 amide bonds. The highest BCUT2D eigenvalue weighted by atomic mass is 35.5. The Hall–Kier alpha value is 0.120. The van der Waals surface area contributed by atoms with Crippen LogP contribution in [0.25, 0.3) is 0 Å². The van der Waals surface area contributed by atoms with Gasteiger partial charge in [-0.1, -0.05) is 11.6 Å². The van der Waals surface area contributed by atoms with Gasteiger partial charge in [0, 0.05) is 11.7 Å². The summed E-state index contributed by atoms with van der Waals surface area (Å²) < 4.78 is 0. The van der Waals surface area contributed by atoms with Gasteiger partial charge < -0.3 is 5.73 Å². The molecule has 0 aliphatic rings. The zero-order valence-corrected chi connectivity index (χ0v) is 4.09. The molecular weight excluding hydrogens is 109 g/mol. The van der Waals surface area contributed by atoms with E-state index < -0.39 is 0 Å². The Balaban J connectivity index is 0. The van der Waals surface area contributed by atoms with Gasteiger partial charge in [0.2, 0.25) is 0 Å². The van der Waals surface area contributed by atoms with Crippen LogP contribution in [0.5, 0.6) is 0 Å². The van der Waals surface area contributed by atoms with Gasteiger partial charge in [-0.25, -0.2) is 0 Å². The maximum absolute atomic E-state index is 4.88. The average molecular weight is 114 g/mol. The van der Waals surface area contributed by atoms with Crippen molar-refractivity contribution in [3.05, 3.63) is 11.7 Å². The van der Waals surface area contributed by atoms with Gasteiger partial charge in [0.15, 0.2) is 0 Å². The first kappa shape index (κ1) is 8.93. The highest BCUT2D eigenvalue weighted by molar-refractivity contribution is 6.25. The van der Waals surface area contributed by atoms with Gasteiger partial charge in [0.25, 0.3) is 0 Å². The summed E-state index contributed by atoms with van der Waals surface area (Å²) in [6, 6.07) is 0. The highest BCUT2D eigenvalue weighted by Crippen LogP contribution is 1.65. The topological polar surface area (TPSA) is 26.0 Å². The van der Waals surface area contributed by atoms with Crippen molar-refractivity contribution in [2.45, 2.75) is 0 Å². The van der Waals surface area contributed by atoms with E-state index in [4.69, 9.17) is 17.3 Å². The van der Waals surface area contributed by atoms with E-state index >= 15 is 0 Å². The van der Waals surface area contributed by atoms with Crippen molar-refractivity contribution in [3.63, 3.8) is 0 Å². The van der Waals surface area contributed by atoms with E-state index in [1.807, 2.05) is 0 Å². The summed E-state index contributed by atoms with van der Waals surface area (Å²) in [6.07, 6.45) is 1.27. The summed E-state index contributed by atoms with van der Waals surface area (Å²) in [5.74, 6) is 0. The molecular formula is C2H5Cl2N. The van der Waals surface area contributed by atoms with E-state index in [1.54, 1.807) is 0 Å². The highest BCUT2D eigenvalue weighted by Gasteiger charge is 1.35. The fourth-order valence-electron chi connectivity index (χ4n) is 0. The lowest BCUT2D eigenvalue weighted by molar-refractivity contribution is 1.63. The molecule has 0 spiro atoms. The molecule has 0 radical (unpaired) electrons. The lowest BCUT2D eigenvalue weighted by Crippen LogP contribution is -1.69. The van der Waals surface area contributed by atoms with Gasteiger partial charge in [-0.2, -0.15) is 0 Å². The Morgan fingerprint density at radius 2 is 1.80 bits per heavy atom. The van der Waals surface area contributed by atoms with Crippen LogP contribution in [0.1, 0.15) is 0 Å². The third kappa shape index (κ3) is 14.8. The molecule has 0 unspecified atom stereocenters. The van der Waals surface area contributed by atoms with Crippen molar-refractivity contribution < 1.29 is 0 Å². The molecule has 0 aliphatic heterocycles. The van der Waals surface area contributed by atoms with Gasteiger partial charge >= 0.3 is 0 Å². The van der Waals surface area contributed by atoms with Crippen LogP contribution in [-0.4, -0.2) is 0 Å². The predicted octanol–water partition coefficient (Wildman–Crippen LogP) is 1.08. The van der Waals surface area contributed by atoms with E-state index in [0.717, 1.165) is 0 Å². The second-order valence-corrected chi connectivity index (χ2v) is 0.570. The molecule has 0 aromatic rings. The fraction of sp³-hybridized carbons (Fsp3) is 0. The summed E-state index contributed by atoms with van der Waals surface area (Å²) in [4.78, 5) is 0. The summed E-state index contributed by atoms with van der Waals surface area (Å²) in [5.41, 5.74) is 5.97. The molecule has 0 rings (SSSR count). The molecule has 0 fully saturated rings. The maximum Gasteiger partial charge on any atom is 0.0197 e. The van der Waals surface area contributed by atoms with Crippen LogP contribution in [0.15, 0.2) is 11.7 Å². The van der Waals surface area contributed by atoms with Crippen LogP contribution >= 0.6 is 24.0 Å². The van der Waals surface area contributed by atoms with Crippen LogP contribution in [-0.2, 0) is 0 Å². The molecule has 0 atom stereocenters. The third-order valence-corrected chi connectivity index (χ3v) is 0.218. The van der Waals surface area contributed by atoms with Crippen molar-refractivity contribution in [2.24, 2.45) is 5.73 Å². The molecule has 2 N–H and O–H groups in total. The van der Waals surface area contributed by atoms with E-state index in [1.165, 1.54) is 11.7 Å². The van der Waals surface area contributed by atoms with E-state index in [2.05, 4.69) is 0 Å². The number of hydrogen-bond acceptors (Lipinski definition) is 1. The zero-order valence-electron chi connectivity index (χ0n) is 2.52. The van der Waals surface area contributed by atoms with Gasteiger partial charge in [-0.15, -0.1) is 12.4 Å². The molecule has 0 bridgehead atoms. The third-order valence-electron chi connectivity index (χ3n) is 0.0727. The normalized spacial score (nSPS) is 7.40. The molecule has 0 saturated heterocycles. The monoisotopic (exact) mass is 113 g/mol. The summed E-state index contributed by atoms with van der Waals surface area (Å²) in [7, 11) is 0. The molecule has 0 aromatic heterocycles. The Kier molecular flexibility index (Phi) is 15.9. The minimum absolute atomic E-state index is 0. The fourth-order valence-corrected chi connectivity index (χ4v) is 0. The first-order valence-corrected chi connectivity index (χ1v) is 1.32. The lowest BCUT2D eigenvalue weighted by atomic mass is 11.1.